The predicted octanol–water partition coefficient (Wildman–Crippen LogP) is 4.27. The summed E-state index contributed by atoms with van der Waals surface area (Å²) in [5.74, 6) is 0.660. The summed E-state index contributed by atoms with van der Waals surface area (Å²) in [5, 5.41) is 0. The van der Waals surface area contributed by atoms with E-state index < -0.39 is 0 Å². The number of rotatable bonds is 1. The molecule has 1 unspecified atom stereocenters. The third kappa shape index (κ3) is 2.66. The normalized spacial score (nSPS) is 21.7. The van der Waals surface area contributed by atoms with E-state index in [9.17, 15) is 0 Å². The van der Waals surface area contributed by atoms with Gasteiger partial charge in [-0.1, -0.05) is 0 Å². The van der Waals surface area contributed by atoms with E-state index in [2.05, 4.69) is 70.7 Å². The summed E-state index contributed by atoms with van der Waals surface area (Å²) in [5.41, 5.74) is 2.86. The average molecular weight is 367 g/mol. The maximum atomic E-state index is 2.34. The van der Waals surface area contributed by atoms with Gasteiger partial charge in [0.1, 0.15) is 0 Å². The molecular formula is C12H15Br2Ti. The van der Waals surface area contributed by atoms with Gasteiger partial charge in [0.25, 0.3) is 0 Å². The van der Waals surface area contributed by atoms with E-state index in [1.54, 1.807) is 0 Å². The van der Waals surface area contributed by atoms with Crippen LogP contribution in [0.25, 0.3) is 6.08 Å². The van der Waals surface area contributed by atoms with Gasteiger partial charge < -0.3 is 0 Å². The van der Waals surface area contributed by atoms with Crippen LogP contribution in [-0.4, -0.2) is 0 Å². The summed E-state index contributed by atoms with van der Waals surface area (Å²) in [6.45, 7) is 4.57. The van der Waals surface area contributed by atoms with E-state index >= 15 is 0 Å². The van der Waals surface area contributed by atoms with E-state index in [1.165, 1.54) is 11.1 Å². The topological polar surface area (TPSA) is 0 Å². The summed E-state index contributed by atoms with van der Waals surface area (Å²) < 4.78 is 0.247. The van der Waals surface area contributed by atoms with Crippen LogP contribution in [0, 0.1) is 5.92 Å². The molecule has 3 heteroatoms. The van der Waals surface area contributed by atoms with Crippen molar-refractivity contribution in [3.05, 3.63) is 41.5 Å². The summed E-state index contributed by atoms with van der Waals surface area (Å²) in [6, 6.07) is 8.68. The fraction of sp³-hybridized carbons (Fsp3) is 0.333. The minimum atomic E-state index is 0. The van der Waals surface area contributed by atoms with Crippen LogP contribution >= 0.6 is 34.0 Å². The second-order valence-corrected chi connectivity index (χ2v) is 5.24. The molecule has 0 heterocycles. The first-order valence-corrected chi connectivity index (χ1v) is 5.46. The molecule has 1 atom stereocenters. The Bertz CT molecular complexity index is 360. The molecule has 0 saturated heterocycles. The van der Waals surface area contributed by atoms with Crippen molar-refractivity contribution in [3.8, 4) is 0 Å². The van der Waals surface area contributed by atoms with Crippen molar-refractivity contribution in [2.75, 3.05) is 0 Å². The predicted molar refractivity (Wildman–Crippen MR) is 72.6 cm³/mol. The molecular weight excluding hydrogens is 352 g/mol. The third-order valence-electron chi connectivity index (χ3n) is 2.84. The van der Waals surface area contributed by atoms with Gasteiger partial charge in [0.05, 0.1) is 0 Å². The van der Waals surface area contributed by atoms with Crippen molar-refractivity contribution in [2.45, 2.75) is 17.6 Å². The molecule has 1 aliphatic carbocycles. The Kier molecular flexibility index (Phi) is 6.06. The zero-order valence-electron chi connectivity index (χ0n) is 8.86. The quantitative estimate of drug-likeness (QED) is 0.651. The SMILES string of the molecule is Br.Br.CC(C)[C]1([Ti])C=Cc2ccccc21. The van der Waals surface area contributed by atoms with Crippen molar-refractivity contribution >= 4 is 40.0 Å². The first kappa shape index (κ1) is 15.6. The van der Waals surface area contributed by atoms with Crippen LogP contribution in [-0.2, 0) is 24.2 Å². The number of allylic oxidation sites excluding steroid dienone is 1. The molecule has 1 aromatic carbocycles. The first-order chi connectivity index (χ1) is 6.14. The van der Waals surface area contributed by atoms with Gasteiger partial charge in [0, 0.05) is 0 Å². The molecule has 0 N–H and O–H groups in total. The van der Waals surface area contributed by atoms with Crippen molar-refractivity contribution in [2.24, 2.45) is 5.92 Å². The molecule has 0 radical (unpaired) electrons. The van der Waals surface area contributed by atoms with Crippen LogP contribution in [0.3, 0.4) is 0 Å². The average Bonchev–Trinajstić information content (AvgIpc) is 2.47. The molecule has 81 valence electrons. The number of halogens is 2. The Hall–Kier alpha value is 0.634. The number of fused-ring (bicyclic) bond motifs is 1. The van der Waals surface area contributed by atoms with Crippen LogP contribution < -0.4 is 0 Å². The molecule has 0 aliphatic heterocycles. The monoisotopic (exact) mass is 365 g/mol. The molecule has 0 fully saturated rings. The third-order valence-corrected chi connectivity index (χ3v) is 4.43. The van der Waals surface area contributed by atoms with Crippen LogP contribution in [0.15, 0.2) is 30.3 Å². The second kappa shape index (κ2) is 5.81. The molecule has 0 saturated carbocycles. The van der Waals surface area contributed by atoms with E-state index in [1.807, 2.05) is 0 Å². The van der Waals surface area contributed by atoms with Gasteiger partial charge in [-0.2, -0.15) is 0 Å². The fourth-order valence-electron chi connectivity index (χ4n) is 1.83. The van der Waals surface area contributed by atoms with Gasteiger partial charge in [-0.3, -0.25) is 0 Å². The number of hydrogen-bond acceptors (Lipinski definition) is 0. The van der Waals surface area contributed by atoms with Crippen LogP contribution in [0.1, 0.15) is 25.0 Å². The van der Waals surface area contributed by atoms with Gasteiger partial charge in [-0.15, -0.1) is 34.0 Å². The molecule has 0 amide bonds. The van der Waals surface area contributed by atoms with E-state index in [0.717, 1.165) is 0 Å². The number of hydrogen-bond donors (Lipinski definition) is 0. The number of benzene rings is 1. The van der Waals surface area contributed by atoms with Crippen molar-refractivity contribution < 1.29 is 20.4 Å². The molecule has 0 aromatic heterocycles. The standard InChI is InChI=1S/C12H13.2BrH.Ti/c1-9(2)11-8-7-10-5-3-4-6-12(10)11;;;/h3-9H,1-2H3;2*1H;. The Labute approximate surface area is 124 Å². The van der Waals surface area contributed by atoms with Crippen LogP contribution in [0.2, 0.25) is 0 Å². The minimum absolute atomic E-state index is 0. The fourth-order valence-corrected chi connectivity index (χ4v) is 2.32. The second-order valence-electron chi connectivity index (χ2n) is 3.94. The Balaban J connectivity index is 0.000000980. The molecule has 0 spiro atoms. The van der Waals surface area contributed by atoms with Gasteiger partial charge in [0.2, 0.25) is 0 Å². The summed E-state index contributed by atoms with van der Waals surface area (Å²) in [4.78, 5) is 0. The molecule has 15 heavy (non-hydrogen) atoms. The molecule has 2 rings (SSSR count). The molecule has 0 nitrogen and oxygen atoms in total. The maximum absolute atomic E-state index is 2.34. The molecule has 0 bridgehead atoms. The van der Waals surface area contributed by atoms with E-state index in [4.69, 9.17) is 0 Å². The van der Waals surface area contributed by atoms with Crippen LogP contribution in [0.5, 0.6) is 0 Å². The Morgan fingerprint density at radius 3 is 2.33 bits per heavy atom. The van der Waals surface area contributed by atoms with Gasteiger partial charge >= 0.3 is 91.5 Å². The van der Waals surface area contributed by atoms with E-state index in [-0.39, 0.29) is 37.7 Å². The van der Waals surface area contributed by atoms with Gasteiger partial charge in [-0.05, 0) is 0 Å². The first-order valence-electron chi connectivity index (χ1n) is 4.68. The summed E-state index contributed by atoms with van der Waals surface area (Å²) in [7, 11) is 0. The summed E-state index contributed by atoms with van der Waals surface area (Å²) >= 11 is 2.32. The Morgan fingerprint density at radius 1 is 1.13 bits per heavy atom. The molecule has 1 aliphatic rings. The van der Waals surface area contributed by atoms with Crippen molar-refractivity contribution in [3.63, 3.8) is 0 Å². The van der Waals surface area contributed by atoms with Gasteiger partial charge in [-0.25, -0.2) is 0 Å². The zero-order valence-corrected chi connectivity index (χ0v) is 13.8. The van der Waals surface area contributed by atoms with Crippen molar-refractivity contribution in [1.29, 1.82) is 0 Å². The zero-order chi connectivity index (χ0) is 9.47. The summed E-state index contributed by atoms with van der Waals surface area (Å²) in [6.07, 6.45) is 4.58. The van der Waals surface area contributed by atoms with Crippen LogP contribution in [0.4, 0.5) is 0 Å². The van der Waals surface area contributed by atoms with Gasteiger partial charge in [0.15, 0.2) is 0 Å². The molecule has 1 aromatic rings. The van der Waals surface area contributed by atoms with E-state index in [0.29, 0.717) is 5.92 Å². The Morgan fingerprint density at radius 2 is 1.73 bits per heavy atom. The van der Waals surface area contributed by atoms with Crippen molar-refractivity contribution in [1.82, 2.24) is 0 Å².